The number of nitrogens with two attached hydrogens (primary N) is 1. The van der Waals surface area contributed by atoms with E-state index in [0.29, 0.717) is 0 Å². The maximum atomic E-state index is 12.7. The third-order valence-corrected chi connectivity index (χ3v) is 1.65. The second-order valence-corrected chi connectivity index (χ2v) is 2.87. The summed E-state index contributed by atoms with van der Waals surface area (Å²) in [6.45, 7) is 0. The average molecular weight is 233 g/mol. The van der Waals surface area contributed by atoms with Crippen LogP contribution in [0, 0.1) is 15.9 Å². The summed E-state index contributed by atoms with van der Waals surface area (Å²) in [4.78, 5) is 13.6. The van der Waals surface area contributed by atoms with Crippen molar-refractivity contribution in [3.8, 4) is 0 Å². The van der Waals surface area contributed by atoms with Gasteiger partial charge in [-0.15, -0.1) is 0 Å². The van der Waals surface area contributed by atoms with Crippen LogP contribution in [-0.4, -0.2) is 11.0 Å². The highest BCUT2D eigenvalue weighted by Gasteiger charge is 2.02. The van der Waals surface area contributed by atoms with Crippen LogP contribution in [0.5, 0.6) is 0 Å². The van der Waals surface area contributed by atoms with Crippen LogP contribution in [-0.2, 0) is 0 Å². The van der Waals surface area contributed by atoms with E-state index >= 15 is 0 Å². The summed E-state index contributed by atoms with van der Waals surface area (Å²) in [7, 11) is 0. The highest BCUT2D eigenvalue weighted by molar-refractivity contribution is 6.31. The molecule has 1 rings (SSSR count). The zero-order valence-corrected chi connectivity index (χ0v) is 8.03. The summed E-state index contributed by atoms with van der Waals surface area (Å²) >= 11 is 5.46. The summed E-state index contributed by atoms with van der Waals surface area (Å²) in [5.41, 5.74) is 7.01. The zero-order valence-electron chi connectivity index (χ0n) is 7.28. The quantitative estimate of drug-likeness (QED) is 0.347. The Morgan fingerprint density at radius 2 is 2.33 bits per heavy atom. The van der Waals surface area contributed by atoms with E-state index in [1.54, 1.807) is 5.43 Å². The maximum absolute atomic E-state index is 12.7. The van der Waals surface area contributed by atoms with Crippen LogP contribution in [0.2, 0.25) is 5.02 Å². The number of nitrogens with one attached hydrogen (secondary N) is 1. The van der Waals surface area contributed by atoms with Gasteiger partial charge in [0.15, 0.2) is 5.03 Å². The first-order valence-corrected chi connectivity index (χ1v) is 4.07. The lowest BCUT2D eigenvalue weighted by Crippen LogP contribution is -2.35. The molecule has 0 fully saturated rings. The van der Waals surface area contributed by atoms with E-state index < -0.39 is 16.8 Å². The number of halogens is 2. The minimum Gasteiger partial charge on any atom is -0.365 e. The van der Waals surface area contributed by atoms with Gasteiger partial charge in [0.2, 0.25) is 0 Å². The smallest absolute Gasteiger partial charge is 0.256 e. The van der Waals surface area contributed by atoms with Gasteiger partial charge in [-0.3, -0.25) is 0 Å². The monoisotopic (exact) mass is 232 g/mol. The number of benzene rings is 1. The molecule has 6 nitrogen and oxygen atoms in total. The fraction of sp³-hybridized carbons (Fsp3) is 0. The highest BCUT2D eigenvalue weighted by atomic mass is 35.5. The van der Waals surface area contributed by atoms with Gasteiger partial charge in [-0.05, 0) is 18.2 Å². The molecule has 0 aromatic heterocycles. The molecule has 1 aromatic rings. The van der Waals surface area contributed by atoms with E-state index in [0.717, 1.165) is 6.07 Å². The standard InChI is InChI=1S/C7H6ClFN4O2/c8-5-3-4(1-2-6(5)9)11-7(10)12-13(14)15/h1-3H,(H3,10,11,12). The Bertz CT molecular complexity index is 423. The normalized spacial score (nSPS) is 11.2. The number of nitro groups is 1. The lowest BCUT2D eigenvalue weighted by atomic mass is 10.3. The van der Waals surface area contributed by atoms with E-state index in [1.165, 1.54) is 12.1 Å². The van der Waals surface area contributed by atoms with Gasteiger partial charge in [-0.1, -0.05) is 17.0 Å². The van der Waals surface area contributed by atoms with Crippen LogP contribution in [0.25, 0.3) is 0 Å². The van der Waals surface area contributed by atoms with Crippen molar-refractivity contribution < 1.29 is 9.42 Å². The molecule has 0 unspecified atom stereocenters. The molecule has 0 aliphatic rings. The summed E-state index contributed by atoms with van der Waals surface area (Å²) < 4.78 is 12.7. The molecule has 0 radical (unpaired) electrons. The van der Waals surface area contributed by atoms with E-state index in [9.17, 15) is 14.5 Å². The van der Waals surface area contributed by atoms with Gasteiger partial charge in [-0.2, -0.15) is 0 Å². The molecule has 3 N–H and O–H groups in total. The Hall–Kier alpha value is -1.89. The molecule has 0 bridgehead atoms. The minimum atomic E-state index is -0.857. The zero-order chi connectivity index (χ0) is 11.4. The molecule has 8 heteroatoms. The number of hydrogen-bond donors (Lipinski definition) is 2. The van der Waals surface area contributed by atoms with Gasteiger partial charge in [0, 0.05) is 0 Å². The molecule has 0 saturated heterocycles. The fourth-order valence-corrected chi connectivity index (χ4v) is 0.987. The van der Waals surface area contributed by atoms with Crippen molar-refractivity contribution in [1.82, 2.24) is 5.43 Å². The third kappa shape index (κ3) is 3.39. The number of guanidine groups is 1. The Balaban J connectivity index is 2.88. The van der Waals surface area contributed by atoms with Gasteiger partial charge < -0.3 is 5.73 Å². The number of hydrazine groups is 1. The molecule has 1 aromatic carbocycles. The molecule has 0 atom stereocenters. The third-order valence-electron chi connectivity index (χ3n) is 1.36. The number of aliphatic imine (C=N–C) groups is 1. The molecular weight excluding hydrogens is 227 g/mol. The van der Waals surface area contributed by atoms with Crippen molar-refractivity contribution in [3.05, 3.63) is 39.2 Å². The lowest BCUT2D eigenvalue weighted by molar-refractivity contribution is -0.525. The first-order chi connectivity index (χ1) is 6.99. The van der Waals surface area contributed by atoms with Crippen LogP contribution in [0.4, 0.5) is 10.1 Å². The summed E-state index contributed by atoms with van der Waals surface area (Å²) in [5.74, 6) is -1.01. The molecule has 0 aliphatic heterocycles. The van der Waals surface area contributed by atoms with Crippen LogP contribution < -0.4 is 11.2 Å². The van der Waals surface area contributed by atoms with Gasteiger partial charge in [0.25, 0.3) is 5.96 Å². The Morgan fingerprint density at radius 3 is 2.87 bits per heavy atom. The average Bonchev–Trinajstić information content (AvgIpc) is 2.10. The Kier molecular flexibility index (Phi) is 3.40. The van der Waals surface area contributed by atoms with Gasteiger partial charge in [-0.25, -0.2) is 19.5 Å². The topological polar surface area (TPSA) is 93.5 Å². The van der Waals surface area contributed by atoms with E-state index in [1.807, 2.05) is 0 Å². The minimum absolute atomic E-state index is 0.134. The van der Waals surface area contributed by atoms with Gasteiger partial charge in [0.05, 0.1) is 10.7 Å². The number of hydrogen-bond acceptors (Lipinski definition) is 3. The lowest BCUT2D eigenvalue weighted by Gasteiger charge is -1.98. The second-order valence-electron chi connectivity index (χ2n) is 2.46. The number of nitrogens with zero attached hydrogens (tertiary/aromatic N) is 2. The SMILES string of the molecule is NC(=Nc1ccc(F)c(Cl)c1)N[N+](=O)[O-]. The molecular formula is C7H6ClFN4O2. The number of rotatable bonds is 2. The van der Waals surface area contributed by atoms with Crippen molar-refractivity contribution >= 4 is 23.2 Å². The first-order valence-electron chi connectivity index (χ1n) is 3.69. The van der Waals surface area contributed by atoms with E-state index in [2.05, 4.69) is 4.99 Å². The second kappa shape index (κ2) is 4.56. The van der Waals surface area contributed by atoms with E-state index in [4.69, 9.17) is 17.3 Å². The summed E-state index contributed by atoms with van der Waals surface area (Å²) in [6, 6.07) is 3.57. The van der Waals surface area contributed by atoms with Crippen molar-refractivity contribution in [2.45, 2.75) is 0 Å². The Labute approximate surface area is 88.7 Å². The van der Waals surface area contributed by atoms with Crippen LogP contribution in [0.15, 0.2) is 23.2 Å². The fourth-order valence-electron chi connectivity index (χ4n) is 0.812. The molecule has 0 aliphatic carbocycles. The van der Waals surface area contributed by atoms with Crippen molar-refractivity contribution in [1.29, 1.82) is 0 Å². The molecule has 0 spiro atoms. The maximum Gasteiger partial charge on any atom is 0.256 e. The highest BCUT2D eigenvalue weighted by Crippen LogP contribution is 2.21. The van der Waals surface area contributed by atoms with Gasteiger partial charge >= 0.3 is 0 Å². The van der Waals surface area contributed by atoms with Crippen molar-refractivity contribution in [3.63, 3.8) is 0 Å². The molecule has 0 amide bonds. The van der Waals surface area contributed by atoms with Crippen molar-refractivity contribution in [2.24, 2.45) is 10.7 Å². The van der Waals surface area contributed by atoms with Crippen LogP contribution >= 0.6 is 11.6 Å². The predicted molar refractivity (Wildman–Crippen MR) is 52.8 cm³/mol. The molecule has 0 heterocycles. The molecule has 0 saturated carbocycles. The van der Waals surface area contributed by atoms with Crippen LogP contribution in [0.1, 0.15) is 0 Å². The Morgan fingerprint density at radius 1 is 1.67 bits per heavy atom. The van der Waals surface area contributed by atoms with Crippen LogP contribution in [0.3, 0.4) is 0 Å². The van der Waals surface area contributed by atoms with Crippen molar-refractivity contribution in [2.75, 3.05) is 0 Å². The predicted octanol–water partition coefficient (Wildman–Crippen LogP) is 1.21. The largest absolute Gasteiger partial charge is 0.365 e. The van der Waals surface area contributed by atoms with Gasteiger partial charge in [0.1, 0.15) is 5.82 Å². The van der Waals surface area contributed by atoms with E-state index in [-0.39, 0.29) is 10.7 Å². The summed E-state index contributed by atoms with van der Waals surface area (Å²) in [6.07, 6.45) is 0. The molecule has 80 valence electrons. The molecule has 15 heavy (non-hydrogen) atoms. The summed E-state index contributed by atoms with van der Waals surface area (Å²) in [5, 5.41) is 8.98. The first kappa shape index (κ1) is 11.2.